The summed E-state index contributed by atoms with van der Waals surface area (Å²) in [5, 5.41) is 33.9. The van der Waals surface area contributed by atoms with E-state index in [1.807, 2.05) is 38.3 Å². The standard InChI is InChI=1S/C26H39NO6S/c1-15-7-6-8-20(13-28)9-10-23(16(2)11-21-14-34-19(5)27-21)33-24(30)12-22(29)17(3)26(32)18(4)25(15)31/h9,11,14-15,17-18,22-23,25,28-29,31H,6-8,10,12-13H2,1-5H3/b16-11+,20-9+/t15-,17+,18+,22-,23-,25-/m0/s1. The molecule has 0 aliphatic carbocycles. The van der Waals surface area contributed by atoms with Crippen molar-refractivity contribution in [1.82, 2.24) is 4.98 Å². The molecule has 0 radical (unpaired) electrons. The molecule has 1 aliphatic heterocycles. The number of aliphatic hydroxyl groups is 3. The second-order valence-corrected chi connectivity index (χ2v) is 10.6. The van der Waals surface area contributed by atoms with Crippen molar-refractivity contribution in [2.45, 2.75) is 85.0 Å². The molecular formula is C26H39NO6S. The van der Waals surface area contributed by atoms with Crippen molar-refractivity contribution in [2.24, 2.45) is 17.8 Å². The fraction of sp³-hybridized carbons (Fsp3) is 0.654. The summed E-state index contributed by atoms with van der Waals surface area (Å²) in [6.07, 6.45) is 3.33. The van der Waals surface area contributed by atoms with Gasteiger partial charge in [-0.3, -0.25) is 9.59 Å². The number of rotatable bonds is 3. The number of ether oxygens (including phenoxy) is 1. The van der Waals surface area contributed by atoms with Crippen LogP contribution in [0.15, 0.2) is 22.6 Å². The highest BCUT2D eigenvalue weighted by molar-refractivity contribution is 7.09. The van der Waals surface area contributed by atoms with E-state index in [1.165, 1.54) is 11.3 Å². The predicted molar refractivity (Wildman–Crippen MR) is 133 cm³/mol. The van der Waals surface area contributed by atoms with Gasteiger partial charge in [-0.1, -0.05) is 26.8 Å². The maximum atomic E-state index is 12.9. The number of esters is 1. The minimum atomic E-state index is -1.20. The Kier molecular flexibility index (Phi) is 11.1. The first-order chi connectivity index (χ1) is 16.0. The van der Waals surface area contributed by atoms with Gasteiger partial charge in [0.2, 0.25) is 0 Å². The van der Waals surface area contributed by atoms with Crippen LogP contribution in [0.1, 0.15) is 70.5 Å². The monoisotopic (exact) mass is 493 g/mol. The van der Waals surface area contributed by atoms with E-state index >= 15 is 0 Å². The highest BCUT2D eigenvalue weighted by atomic mass is 32.1. The summed E-state index contributed by atoms with van der Waals surface area (Å²) in [7, 11) is 0. The molecule has 0 spiro atoms. The normalized spacial score (nSPS) is 32.7. The number of hydrogen-bond donors (Lipinski definition) is 3. The van der Waals surface area contributed by atoms with Crippen LogP contribution in [0, 0.1) is 24.7 Å². The van der Waals surface area contributed by atoms with Gasteiger partial charge in [0.1, 0.15) is 11.9 Å². The molecule has 3 N–H and O–H groups in total. The Labute approximate surface area is 206 Å². The summed E-state index contributed by atoms with van der Waals surface area (Å²) < 4.78 is 5.73. The summed E-state index contributed by atoms with van der Waals surface area (Å²) in [5.41, 5.74) is 2.43. The van der Waals surface area contributed by atoms with Crippen LogP contribution in [0.4, 0.5) is 0 Å². The lowest BCUT2D eigenvalue weighted by Crippen LogP contribution is -2.39. The molecule has 0 saturated heterocycles. The zero-order valence-electron chi connectivity index (χ0n) is 20.9. The van der Waals surface area contributed by atoms with Crippen LogP contribution in [0.25, 0.3) is 6.08 Å². The molecule has 190 valence electrons. The molecule has 0 amide bonds. The molecular weight excluding hydrogens is 454 g/mol. The van der Waals surface area contributed by atoms with E-state index in [2.05, 4.69) is 4.98 Å². The van der Waals surface area contributed by atoms with Crippen molar-refractivity contribution in [1.29, 1.82) is 0 Å². The van der Waals surface area contributed by atoms with E-state index < -0.39 is 36.1 Å². The SMILES string of the molecule is C/C(=C\c1csc(C)n1)[C@@H]1C/C=C(/CO)CCC[C@H](C)[C@H](O)[C@@H](C)C(=O)[C@H](C)[C@@H](O)CC(=O)O1. The first-order valence-electron chi connectivity index (χ1n) is 12.0. The molecule has 0 aromatic carbocycles. The van der Waals surface area contributed by atoms with Crippen LogP contribution < -0.4 is 0 Å². The molecule has 2 rings (SSSR count). The second-order valence-electron chi connectivity index (χ2n) is 9.53. The Morgan fingerprint density at radius 1 is 1.24 bits per heavy atom. The molecule has 8 heteroatoms. The highest BCUT2D eigenvalue weighted by Crippen LogP contribution is 2.26. The number of aliphatic hydroxyl groups excluding tert-OH is 3. The molecule has 0 fully saturated rings. The van der Waals surface area contributed by atoms with Crippen molar-refractivity contribution in [3.05, 3.63) is 33.3 Å². The number of cyclic esters (lactones) is 1. The van der Waals surface area contributed by atoms with Gasteiger partial charge in [-0.2, -0.15) is 0 Å². The van der Waals surface area contributed by atoms with Gasteiger partial charge < -0.3 is 20.1 Å². The van der Waals surface area contributed by atoms with Crippen molar-refractivity contribution < 1.29 is 29.6 Å². The Balaban J connectivity index is 2.31. The molecule has 7 nitrogen and oxygen atoms in total. The van der Waals surface area contributed by atoms with Gasteiger partial charge in [-0.15, -0.1) is 11.3 Å². The van der Waals surface area contributed by atoms with Crippen molar-refractivity contribution in [2.75, 3.05) is 6.61 Å². The third-order valence-electron chi connectivity index (χ3n) is 6.72. The van der Waals surface area contributed by atoms with Crippen LogP contribution in [0.3, 0.4) is 0 Å². The number of carbonyl (C=O) groups is 2. The van der Waals surface area contributed by atoms with Gasteiger partial charge in [-0.05, 0) is 56.3 Å². The predicted octanol–water partition coefficient (Wildman–Crippen LogP) is 3.85. The van der Waals surface area contributed by atoms with Crippen molar-refractivity contribution >= 4 is 29.2 Å². The highest BCUT2D eigenvalue weighted by Gasteiger charge is 2.34. The number of nitrogens with zero attached hydrogens (tertiary/aromatic N) is 1. The Morgan fingerprint density at radius 2 is 1.94 bits per heavy atom. The van der Waals surface area contributed by atoms with Gasteiger partial charge in [-0.25, -0.2) is 4.98 Å². The average Bonchev–Trinajstić information content (AvgIpc) is 3.21. The first kappa shape index (κ1) is 28.4. The Bertz CT molecular complexity index is 892. The van der Waals surface area contributed by atoms with Crippen LogP contribution in [0.5, 0.6) is 0 Å². The topological polar surface area (TPSA) is 117 Å². The number of Topliss-reactive ketones (excluding diaryl/α,β-unsaturated/α-hetero) is 1. The number of thiazole rings is 1. The lowest BCUT2D eigenvalue weighted by molar-refractivity contribution is -0.151. The number of carbonyl (C=O) groups excluding carboxylic acids is 2. The average molecular weight is 494 g/mol. The van der Waals surface area contributed by atoms with Crippen LogP contribution in [0.2, 0.25) is 0 Å². The summed E-state index contributed by atoms with van der Waals surface area (Å²) in [6, 6.07) is 0. The summed E-state index contributed by atoms with van der Waals surface area (Å²) in [6.45, 7) is 8.84. The van der Waals surface area contributed by atoms with Crippen molar-refractivity contribution in [3.63, 3.8) is 0 Å². The van der Waals surface area contributed by atoms with Crippen molar-refractivity contribution in [3.8, 4) is 0 Å². The fourth-order valence-electron chi connectivity index (χ4n) is 4.26. The second kappa shape index (κ2) is 13.3. The molecule has 0 saturated carbocycles. The molecule has 1 aromatic rings. The molecule has 6 atom stereocenters. The number of aromatic nitrogens is 1. The van der Waals surface area contributed by atoms with E-state index in [1.54, 1.807) is 13.8 Å². The van der Waals surface area contributed by atoms with Crippen LogP contribution in [-0.2, 0) is 14.3 Å². The van der Waals surface area contributed by atoms with Gasteiger partial charge in [0.15, 0.2) is 0 Å². The smallest absolute Gasteiger partial charge is 0.309 e. The van der Waals surface area contributed by atoms with E-state index in [4.69, 9.17) is 4.74 Å². The van der Waals surface area contributed by atoms with E-state index in [9.17, 15) is 24.9 Å². The zero-order valence-corrected chi connectivity index (χ0v) is 21.7. The summed E-state index contributed by atoms with van der Waals surface area (Å²) >= 11 is 1.53. The third-order valence-corrected chi connectivity index (χ3v) is 7.51. The molecule has 0 bridgehead atoms. The summed E-state index contributed by atoms with van der Waals surface area (Å²) in [4.78, 5) is 30.0. The Morgan fingerprint density at radius 3 is 2.56 bits per heavy atom. The molecule has 2 heterocycles. The molecule has 0 unspecified atom stereocenters. The first-order valence-corrected chi connectivity index (χ1v) is 12.9. The number of hydrogen-bond acceptors (Lipinski definition) is 8. The minimum Gasteiger partial charge on any atom is -0.457 e. The largest absolute Gasteiger partial charge is 0.457 e. The summed E-state index contributed by atoms with van der Waals surface area (Å²) in [5.74, 6) is -2.44. The van der Waals surface area contributed by atoms with E-state index in [-0.39, 0.29) is 24.7 Å². The maximum absolute atomic E-state index is 12.9. The molecule has 1 aliphatic rings. The van der Waals surface area contributed by atoms with E-state index in [0.29, 0.717) is 19.3 Å². The fourth-order valence-corrected chi connectivity index (χ4v) is 4.83. The van der Waals surface area contributed by atoms with E-state index in [0.717, 1.165) is 28.3 Å². The van der Waals surface area contributed by atoms with Gasteiger partial charge in [0.25, 0.3) is 0 Å². The minimum absolute atomic E-state index is 0.100. The quantitative estimate of drug-likeness (QED) is 0.432. The van der Waals surface area contributed by atoms with Crippen LogP contribution >= 0.6 is 11.3 Å². The molecule has 1 aromatic heterocycles. The maximum Gasteiger partial charge on any atom is 0.309 e. The Hall–Kier alpha value is -1.87. The third kappa shape index (κ3) is 8.12. The number of ketones is 1. The van der Waals surface area contributed by atoms with Crippen LogP contribution in [-0.4, -0.2) is 57.0 Å². The van der Waals surface area contributed by atoms with Gasteiger partial charge in [0, 0.05) is 23.6 Å². The lowest BCUT2D eigenvalue weighted by Gasteiger charge is -2.28. The van der Waals surface area contributed by atoms with Gasteiger partial charge in [0.05, 0.1) is 35.9 Å². The number of aryl methyl sites for hydroxylation is 1. The lowest BCUT2D eigenvalue weighted by atomic mass is 9.81. The molecule has 34 heavy (non-hydrogen) atoms. The van der Waals surface area contributed by atoms with Gasteiger partial charge >= 0.3 is 5.97 Å². The zero-order chi connectivity index (χ0) is 25.4.